The molecular weight excluding hydrogens is 467 g/mol. The molecule has 2 bridgehead atoms. The Labute approximate surface area is 207 Å². The lowest BCUT2D eigenvalue weighted by Crippen LogP contribution is -2.40. The van der Waals surface area contributed by atoms with Crippen LogP contribution < -0.4 is 15.3 Å². The minimum absolute atomic E-state index is 0.189. The van der Waals surface area contributed by atoms with Crippen molar-refractivity contribution in [3.63, 3.8) is 0 Å². The lowest BCUT2D eigenvalue weighted by atomic mass is 10.0. The minimum Gasteiger partial charge on any atom is -0.492 e. The number of nitrogens with zero attached hydrogens (tertiary/aromatic N) is 4. The Bertz CT molecular complexity index is 1520. The lowest BCUT2D eigenvalue weighted by Gasteiger charge is -2.35. The van der Waals surface area contributed by atoms with Crippen molar-refractivity contribution in [3.05, 3.63) is 75.4 Å². The number of para-hydroxylation sites is 1. The van der Waals surface area contributed by atoms with E-state index in [0.29, 0.717) is 41.3 Å². The number of piperidine rings is 1. The van der Waals surface area contributed by atoms with Gasteiger partial charge in [0.05, 0.1) is 34.0 Å². The Morgan fingerprint density at radius 3 is 2.83 bits per heavy atom. The molecule has 2 aliphatic rings. The van der Waals surface area contributed by atoms with E-state index in [1.807, 2.05) is 24.3 Å². The largest absolute Gasteiger partial charge is 0.492 e. The Kier molecular flexibility index (Phi) is 5.44. The van der Waals surface area contributed by atoms with E-state index >= 15 is 4.39 Å². The van der Waals surface area contributed by atoms with E-state index in [2.05, 4.69) is 16.8 Å². The van der Waals surface area contributed by atoms with Gasteiger partial charge in [-0.1, -0.05) is 35.9 Å². The molecule has 2 aromatic carbocycles. The molecule has 1 fully saturated rings. The van der Waals surface area contributed by atoms with Crippen LogP contribution in [0.25, 0.3) is 28.0 Å². The van der Waals surface area contributed by atoms with Gasteiger partial charge >= 0.3 is 5.69 Å². The number of rotatable bonds is 1. The molecule has 8 heteroatoms. The molecule has 4 aromatic rings. The quantitative estimate of drug-likeness (QED) is 0.350. The van der Waals surface area contributed by atoms with Gasteiger partial charge in [-0.25, -0.2) is 18.7 Å². The zero-order chi connectivity index (χ0) is 24.1. The minimum atomic E-state index is -0.485. The number of anilines is 1. The molecule has 4 heterocycles. The predicted molar refractivity (Wildman–Crippen MR) is 135 cm³/mol. The third-order valence-electron chi connectivity index (χ3n) is 6.95. The highest BCUT2D eigenvalue weighted by molar-refractivity contribution is 6.34. The molecule has 0 radical (unpaired) electrons. The summed E-state index contributed by atoms with van der Waals surface area (Å²) in [5.41, 5.74) is 2.00. The van der Waals surface area contributed by atoms with E-state index in [4.69, 9.17) is 21.3 Å². The van der Waals surface area contributed by atoms with E-state index in [1.54, 1.807) is 18.2 Å². The SMILES string of the molecule is C[C@H]1CCCCN1c1nc(=O)n2c3nc(c(Cl)cc13)-c1c(F)cccc1OCCc1ccccc1-2. The zero-order valence-corrected chi connectivity index (χ0v) is 20.1. The maximum atomic E-state index is 15.2. The molecule has 6 rings (SSSR count). The van der Waals surface area contributed by atoms with E-state index in [-0.39, 0.29) is 22.3 Å². The van der Waals surface area contributed by atoms with Crippen LogP contribution in [0.4, 0.5) is 10.2 Å². The molecule has 0 N–H and O–H groups in total. The van der Waals surface area contributed by atoms with Gasteiger partial charge in [-0.2, -0.15) is 4.98 Å². The van der Waals surface area contributed by atoms with Crippen LogP contribution in [0.3, 0.4) is 0 Å². The number of halogens is 2. The molecule has 0 unspecified atom stereocenters. The first-order valence-electron chi connectivity index (χ1n) is 11.9. The molecule has 2 aromatic heterocycles. The maximum Gasteiger partial charge on any atom is 0.355 e. The average Bonchev–Trinajstić information content (AvgIpc) is 2.87. The van der Waals surface area contributed by atoms with Crippen molar-refractivity contribution in [3.8, 4) is 22.7 Å². The molecule has 0 aliphatic carbocycles. The number of hydrogen-bond donors (Lipinski definition) is 0. The van der Waals surface area contributed by atoms with Crippen LogP contribution in [-0.4, -0.2) is 33.7 Å². The summed E-state index contributed by atoms with van der Waals surface area (Å²) in [6.07, 6.45) is 3.70. The van der Waals surface area contributed by atoms with Crippen LogP contribution in [0.1, 0.15) is 31.7 Å². The molecule has 0 spiro atoms. The van der Waals surface area contributed by atoms with Gasteiger partial charge < -0.3 is 9.64 Å². The van der Waals surface area contributed by atoms with Crippen molar-refractivity contribution in [2.24, 2.45) is 0 Å². The number of aromatic nitrogens is 3. The summed E-state index contributed by atoms with van der Waals surface area (Å²) in [7, 11) is 0. The molecule has 0 saturated carbocycles. The molecule has 178 valence electrons. The summed E-state index contributed by atoms with van der Waals surface area (Å²) < 4.78 is 22.7. The van der Waals surface area contributed by atoms with Crippen LogP contribution in [0.5, 0.6) is 5.75 Å². The zero-order valence-electron chi connectivity index (χ0n) is 19.3. The highest BCUT2D eigenvalue weighted by atomic mass is 35.5. The Morgan fingerprint density at radius 1 is 1.11 bits per heavy atom. The van der Waals surface area contributed by atoms with Gasteiger partial charge in [0, 0.05) is 19.0 Å². The Balaban J connectivity index is 1.74. The standard InChI is InChI=1S/C27H24ClFN4O2/c1-16-7-4-5-13-32(16)25-18-15-19(28)24-23-20(29)9-6-11-22(23)35-14-12-17-8-2-3-10-21(17)33(26(18)30-24)27(34)31-25/h2-3,6,8-11,15-16H,4-5,7,12-14H2,1H3/t16-/m0/s1. The van der Waals surface area contributed by atoms with Gasteiger partial charge in [-0.3, -0.25) is 0 Å². The summed E-state index contributed by atoms with van der Waals surface area (Å²) in [5.74, 6) is 0.457. The molecule has 2 aliphatic heterocycles. The van der Waals surface area contributed by atoms with E-state index in [1.165, 1.54) is 10.6 Å². The second-order valence-corrected chi connectivity index (χ2v) is 9.53. The fraction of sp³-hybridized carbons (Fsp3) is 0.296. The Hall–Kier alpha value is -3.45. The van der Waals surface area contributed by atoms with Gasteiger partial charge in [0.2, 0.25) is 0 Å². The summed E-state index contributed by atoms with van der Waals surface area (Å²) in [6, 6.07) is 14.3. The number of fused-ring (bicyclic) bond motifs is 5. The van der Waals surface area contributed by atoms with Crippen molar-refractivity contribution in [2.75, 3.05) is 18.1 Å². The van der Waals surface area contributed by atoms with E-state index < -0.39 is 11.5 Å². The van der Waals surface area contributed by atoms with Crippen molar-refractivity contribution in [2.45, 2.75) is 38.6 Å². The predicted octanol–water partition coefficient (Wildman–Crippen LogP) is 5.55. The van der Waals surface area contributed by atoms with Gasteiger partial charge in [-0.05, 0) is 56.0 Å². The third-order valence-corrected chi connectivity index (χ3v) is 7.24. The molecule has 1 atom stereocenters. The number of benzene rings is 2. The summed E-state index contributed by atoms with van der Waals surface area (Å²) in [5, 5.41) is 0.942. The van der Waals surface area contributed by atoms with Gasteiger partial charge in [-0.15, -0.1) is 0 Å². The first kappa shape index (κ1) is 22.0. The first-order chi connectivity index (χ1) is 17.0. The third kappa shape index (κ3) is 3.65. The topological polar surface area (TPSA) is 60.2 Å². The molecule has 35 heavy (non-hydrogen) atoms. The fourth-order valence-corrected chi connectivity index (χ4v) is 5.44. The number of ether oxygens (including phenoxy) is 1. The smallest absolute Gasteiger partial charge is 0.355 e. The first-order valence-corrected chi connectivity index (χ1v) is 12.3. The second kappa shape index (κ2) is 8.64. The van der Waals surface area contributed by atoms with Crippen molar-refractivity contribution in [1.82, 2.24) is 14.5 Å². The highest BCUT2D eigenvalue weighted by Gasteiger charge is 2.27. The summed E-state index contributed by atoms with van der Waals surface area (Å²) >= 11 is 6.76. The Morgan fingerprint density at radius 2 is 1.97 bits per heavy atom. The highest BCUT2D eigenvalue weighted by Crippen LogP contribution is 2.40. The van der Waals surface area contributed by atoms with Crippen molar-refractivity contribution >= 4 is 28.5 Å². The molecule has 6 nitrogen and oxygen atoms in total. The van der Waals surface area contributed by atoms with Crippen LogP contribution in [0, 0.1) is 5.82 Å². The van der Waals surface area contributed by atoms with Gasteiger partial charge in [0.15, 0.2) is 5.65 Å². The van der Waals surface area contributed by atoms with Crippen LogP contribution in [-0.2, 0) is 6.42 Å². The number of pyridine rings is 1. The van der Waals surface area contributed by atoms with Crippen LogP contribution in [0.2, 0.25) is 5.02 Å². The summed E-state index contributed by atoms with van der Waals surface area (Å²) in [6.45, 7) is 3.24. The van der Waals surface area contributed by atoms with Gasteiger partial charge in [0.25, 0.3) is 0 Å². The molecular formula is C27H24ClFN4O2. The van der Waals surface area contributed by atoms with Gasteiger partial charge in [0.1, 0.15) is 17.4 Å². The maximum absolute atomic E-state index is 15.2. The van der Waals surface area contributed by atoms with Crippen molar-refractivity contribution < 1.29 is 9.13 Å². The normalized spacial score (nSPS) is 17.5. The second-order valence-electron chi connectivity index (χ2n) is 9.12. The van der Waals surface area contributed by atoms with E-state index in [0.717, 1.165) is 31.4 Å². The summed E-state index contributed by atoms with van der Waals surface area (Å²) in [4.78, 5) is 25.2. The monoisotopic (exact) mass is 490 g/mol. The lowest BCUT2D eigenvalue weighted by molar-refractivity contribution is 0.321. The van der Waals surface area contributed by atoms with Crippen LogP contribution >= 0.6 is 11.6 Å². The fourth-order valence-electron chi connectivity index (χ4n) is 5.20. The van der Waals surface area contributed by atoms with Crippen LogP contribution in [0.15, 0.2) is 53.3 Å². The number of hydrogen-bond acceptors (Lipinski definition) is 5. The van der Waals surface area contributed by atoms with Crippen molar-refractivity contribution in [1.29, 1.82) is 0 Å². The molecule has 0 amide bonds. The molecule has 1 saturated heterocycles. The average molecular weight is 491 g/mol. The van der Waals surface area contributed by atoms with E-state index in [9.17, 15) is 4.79 Å².